The average molecular weight is 296 g/mol. The highest BCUT2D eigenvalue weighted by Gasteiger charge is 2.07. The smallest absolute Gasteiger partial charge is 0.142 e. The lowest BCUT2D eigenvalue weighted by Crippen LogP contribution is -2.02. The van der Waals surface area contributed by atoms with Crippen LogP contribution in [0, 0.1) is 6.92 Å². The van der Waals surface area contributed by atoms with Crippen molar-refractivity contribution < 1.29 is 4.74 Å². The summed E-state index contributed by atoms with van der Waals surface area (Å²) in [5.41, 5.74) is 2.95. The first-order valence-electron chi connectivity index (χ1n) is 5.93. The maximum Gasteiger partial charge on any atom is 0.142 e. The standard InChI is InChI=1S/C15H15Cl2NO/c1-10-6-7-14(15(8-10)19-2)18-9-11-12(16)4-3-5-13(11)17/h3-8,18H,9H2,1-2H3. The Morgan fingerprint density at radius 3 is 2.42 bits per heavy atom. The first-order valence-corrected chi connectivity index (χ1v) is 6.69. The molecular weight excluding hydrogens is 281 g/mol. The first kappa shape index (κ1) is 14.0. The van der Waals surface area contributed by atoms with Gasteiger partial charge in [-0.1, -0.05) is 35.3 Å². The molecule has 0 saturated carbocycles. The molecule has 0 aliphatic carbocycles. The van der Waals surface area contributed by atoms with E-state index < -0.39 is 0 Å². The van der Waals surface area contributed by atoms with Crippen LogP contribution in [0.1, 0.15) is 11.1 Å². The van der Waals surface area contributed by atoms with Crippen LogP contribution < -0.4 is 10.1 Å². The number of methoxy groups -OCH3 is 1. The molecular formula is C15H15Cl2NO. The van der Waals surface area contributed by atoms with Crippen molar-refractivity contribution in [2.75, 3.05) is 12.4 Å². The maximum atomic E-state index is 6.14. The van der Waals surface area contributed by atoms with Crippen molar-refractivity contribution in [2.24, 2.45) is 0 Å². The summed E-state index contributed by atoms with van der Waals surface area (Å²) in [6.45, 7) is 2.58. The van der Waals surface area contributed by atoms with Crippen molar-refractivity contribution >= 4 is 28.9 Å². The minimum atomic E-state index is 0.553. The molecule has 0 aliphatic rings. The molecule has 2 aromatic carbocycles. The van der Waals surface area contributed by atoms with Crippen LogP contribution in [0.4, 0.5) is 5.69 Å². The maximum absolute atomic E-state index is 6.14. The molecule has 0 amide bonds. The first-order chi connectivity index (χ1) is 9.11. The van der Waals surface area contributed by atoms with Crippen LogP contribution >= 0.6 is 23.2 Å². The summed E-state index contributed by atoms with van der Waals surface area (Å²) < 4.78 is 5.35. The fourth-order valence-electron chi connectivity index (χ4n) is 1.83. The Morgan fingerprint density at radius 2 is 1.79 bits per heavy atom. The van der Waals surface area contributed by atoms with Gasteiger partial charge in [0.2, 0.25) is 0 Å². The van der Waals surface area contributed by atoms with E-state index in [9.17, 15) is 0 Å². The van der Waals surface area contributed by atoms with Crippen LogP contribution in [0.15, 0.2) is 36.4 Å². The van der Waals surface area contributed by atoms with Gasteiger partial charge in [-0.3, -0.25) is 0 Å². The quantitative estimate of drug-likeness (QED) is 0.864. The third kappa shape index (κ3) is 3.34. The Morgan fingerprint density at radius 1 is 1.11 bits per heavy atom. The molecule has 0 aromatic heterocycles. The number of nitrogens with one attached hydrogen (secondary N) is 1. The second-order valence-electron chi connectivity index (χ2n) is 4.26. The SMILES string of the molecule is COc1cc(C)ccc1NCc1c(Cl)cccc1Cl. The van der Waals surface area contributed by atoms with E-state index in [4.69, 9.17) is 27.9 Å². The summed E-state index contributed by atoms with van der Waals surface area (Å²) in [6, 6.07) is 11.5. The Kier molecular flexibility index (Phi) is 4.56. The summed E-state index contributed by atoms with van der Waals surface area (Å²) >= 11 is 12.3. The zero-order valence-corrected chi connectivity index (χ0v) is 12.3. The number of anilines is 1. The second-order valence-corrected chi connectivity index (χ2v) is 5.07. The van der Waals surface area contributed by atoms with E-state index in [-0.39, 0.29) is 0 Å². The van der Waals surface area contributed by atoms with E-state index in [0.717, 1.165) is 22.6 Å². The minimum absolute atomic E-state index is 0.553. The normalized spacial score (nSPS) is 10.3. The highest BCUT2D eigenvalue weighted by Crippen LogP contribution is 2.29. The predicted molar refractivity (Wildman–Crippen MR) is 81.5 cm³/mol. The summed E-state index contributed by atoms with van der Waals surface area (Å²) in [7, 11) is 1.66. The highest BCUT2D eigenvalue weighted by atomic mass is 35.5. The van der Waals surface area contributed by atoms with Crippen molar-refractivity contribution in [2.45, 2.75) is 13.5 Å². The van der Waals surface area contributed by atoms with Gasteiger partial charge in [0.15, 0.2) is 0 Å². The molecule has 0 spiro atoms. The predicted octanol–water partition coefficient (Wildman–Crippen LogP) is 4.92. The number of aryl methyl sites for hydroxylation is 1. The summed E-state index contributed by atoms with van der Waals surface area (Å²) in [5.74, 6) is 0.808. The van der Waals surface area contributed by atoms with E-state index in [1.807, 2.05) is 43.3 Å². The molecule has 4 heteroatoms. The van der Waals surface area contributed by atoms with Crippen molar-refractivity contribution in [3.05, 3.63) is 57.6 Å². The minimum Gasteiger partial charge on any atom is -0.495 e. The number of halogens is 2. The Hall–Kier alpha value is -1.38. The second kappa shape index (κ2) is 6.18. The number of hydrogen-bond donors (Lipinski definition) is 1. The van der Waals surface area contributed by atoms with Crippen LogP contribution in [-0.4, -0.2) is 7.11 Å². The number of benzene rings is 2. The molecule has 0 bridgehead atoms. The van der Waals surface area contributed by atoms with Crippen molar-refractivity contribution in [3.8, 4) is 5.75 Å². The van der Waals surface area contributed by atoms with Gasteiger partial charge in [0, 0.05) is 22.2 Å². The van der Waals surface area contributed by atoms with Gasteiger partial charge >= 0.3 is 0 Å². The molecule has 0 unspecified atom stereocenters. The van der Waals surface area contributed by atoms with Gasteiger partial charge in [0.25, 0.3) is 0 Å². The third-order valence-electron chi connectivity index (χ3n) is 2.87. The lowest BCUT2D eigenvalue weighted by atomic mass is 10.2. The number of rotatable bonds is 4. The fraction of sp³-hybridized carbons (Fsp3) is 0.200. The van der Waals surface area contributed by atoms with Crippen LogP contribution in [0.5, 0.6) is 5.75 Å². The molecule has 0 heterocycles. The summed E-state index contributed by atoms with van der Waals surface area (Å²) in [5, 5.41) is 4.61. The molecule has 1 N–H and O–H groups in total. The number of hydrogen-bond acceptors (Lipinski definition) is 2. The largest absolute Gasteiger partial charge is 0.495 e. The molecule has 19 heavy (non-hydrogen) atoms. The van der Waals surface area contributed by atoms with Gasteiger partial charge in [-0.15, -0.1) is 0 Å². The summed E-state index contributed by atoms with van der Waals surface area (Å²) in [6.07, 6.45) is 0. The lowest BCUT2D eigenvalue weighted by Gasteiger charge is -2.13. The molecule has 2 aromatic rings. The Balaban J connectivity index is 2.19. The van der Waals surface area contributed by atoms with E-state index in [0.29, 0.717) is 16.6 Å². The van der Waals surface area contributed by atoms with E-state index in [2.05, 4.69) is 5.32 Å². The average Bonchev–Trinajstić information content (AvgIpc) is 2.39. The zero-order valence-electron chi connectivity index (χ0n) is 10.8. The fourth-order valence-corrected chi connectivity index (χ4v) is 2.36. The third-order valence-corrected chi connectivity index (χ3v) is 3.58. The molecule has 0 fully saturated rings. The summed E-state index contributed by atoms with van der Waals surface area (Å²) in [4.78, 5) is 0. The molecule has 2 rings (SSSR count). The molecule has 2 nitrogen and oxygen atoms in total. The van der Waals surface area contributed by atoms with Gasteiger partial charge in [-0.05, 0) is 36.8 Å². The molecule has 0 atom stereocenters. The van der Waals surface area contributed by atoms with Crippen LogP contribution in [-0.2, 0) is 6.54 Å². The molecule has 0 aliphatic heterocycles. The highest BCUT2D eigenvalue weighted by molar-refractivity contribution is 6.36. The Labute approximate surface area is 123 Å². The molecule has 0 radical (unpaired) electrons. The monoisotopic (exact) mass is 295 g/mol. The topological polar surface area (TPSA) is 21.3 Å². The van der Waals surface area contributed by atoms with Crippen molar-refractivity contribution in [3.63, 3.8) is 0 Å². The van der Waals surface area contributed by atoms with Gasteiger partial charge < -0.3 is 10.1 Å². The van der Waals surface area contributed by atoms with Crippen molar-refractivity contribution in [1.82, 2.24) is 0 Å². The molecule has 0 saturated heterocycles. The number of ether oxygens (including phenoxy) is 1. The van der Waals surface area contributed by atoms with Crippen LogP contribution in [0.2, 0.25) is 10.0 Å². The van der Waals surface area contributed by atoms with Gasteiger partial charge in [-0.25, -0.2) is 0 Å². The van der Waals surface area contributed by atoms with E-state index >= 15 is 0 Å². The van der Waals surface area contributed by atoms with E-state index in [1.165, 1.54) is 0 Å². The van der Waals surface area contributed by atoms with Gasteiger partial charge in [0.1, 0.15) is 5.75 Å². The van der Waals surface area contributed by atoms with Gasteiger partial charge in [0.05, 0.1) is 12.8 Å². The van der Waals surface area contributed by atoms with Crippen LogP contribution in [0.25, 0.3) is 0 Å². The van der Waals surface area contributed by atoms with Crippen LogP contribution in [0.3, 0.4) is 0 Å². The molecule has 100 valence electrons. The Bertz CT molecular complexity index is 564. The van der Waals surface area contributed by atoms with E-state index in [1.54, 1.807) is 7.11 Å². The van der Waals surface area contributed by atoms with Gasteiger partial charge in [-0.2, -0.15) is 0 Å². The zero-order chi connectivity index (χ0) is 13.8. The van der Waals surface area contributed by atoms with Crippen molar-refractivity contribution in [1.29, 1.82) is 0 Å². The lowest BCUT2D eigenvalue weighted by molar-refractivity contribution is 0.416.